The largest absolute Gasteiger partial charge is 0.490 e. The molecule has 0 radical (unpaired) electrons. The van der Waals surface area contributed by atoms with Gasteiger partial charge in [0, 0.05) is 13.0 Å². The van der Waals surface area contributed by atoms with Crippen LogP contribution in [0.3, 0.4) is 0 Å². The average molecular weight is 386 g/mol. The van der Waals surface area contributed by atoms with E-state index >= 15 is 0 Å². The van der Waals surface area contributed by atoms with Gasteiger partial charge < -0.3 is 9.47 Å². The third kappa shape index (κ3) is 7.33. The van der Waals surface area contributed by atoms with Crippen LogP contribution in [0, 0.1) is 5.92 Å². The highest BCUT2D eigenvalue weighted by atomic mass is 32.2. The Kier molecular flexibility index (Phi) is 8.56. The second-order valence-corrected chi connectivity index (χ2v) is 9.92. The topological polar surface area (TPSA) is 81.7 Å². The number of esters is 1. The number of nitrogens with one attached hydrogen (secondary N) is 1. The minimum absolute atomic E-state index is 0.107. The van der Waals surface area contributed by atoms with Gasteiger partial charge in [0.1, 0.15) is 0 Å². The lowest BCUT2D eigenvalue weighted by Gasteiger charge is -2.21. The number of sulfonamides is 1. The summed E-state index contributed by atoms with van der Waals surface area (Å²) in [5.41, 5.74) is 0. The zero-order valence-corrected chi connectivity index (χ0v) is 17.2. The van der Waals surface area contributed by atoms with Crippen LogP contribution in [-0.2, 0) is 14.8 Å². The summed E-state index contributed by atoms with van der Waals surface area (Å²) in [6, 6.07) is 7.05. The molecule has 0 saturated heterocycles. The van der Waals surface area contributed by atoms with Gasteiger partial charge in [-0.25, -0.2) is 13.1 Å². The molecule has 6 nitrogen and oxygen atoms in total. The number of ether oxygens (including phenoxy) is 2. The van der Waals surface area contributed by atoms with Crippen LogP contribution < -0.4 is 14.2 Å². The fourth-order valence-corrected chi connectivity index (χ4v) is 2.91. The number of unbranched alkanes of at least 4 members (excludes halogenated alkanes) is 1. The van der Waals surface area contributed by atoms with Crippen LogP contribution in [0.1, 0.15) is 53.9 Å². The van der Waals surface area contributed by atoms with E-state index in [1.54, 1.807) is 45.9 Å². The summed E-state index contributed by atoms with van der Waals surface area (Å²) in [5, 5.41) is 0. The van der Waals surface area contributed by atoms with Gasteiger partial charge in [-0.05, 0) is 45.2 Å². The van der Waals surface area contributed by atoms with E-state index in [0.717, 1.165) is 12.8 Å². The molecule has 1 atom stereocenters. The van der Waals surface area contributed by atoms with Crippen molar-refractivity contribution in [2.24, 2.45) is 5.92 Å². The quantitative estimate of drug-likeness (QED) is 0.379. The lowest BCUT2D eigenvalue weighted by atomic mass is 10.1. The Balaban J connectivity index is 2.56. The van der Waals surface area contributed by atoms with E-state index in [2.05, 4.69) is 11.6 Å². The van der Waals surface area contributed by atoms with E-state index in [-0.39, 0.29) is 18.9 Å². The maximum Gasteiger partial charge on any atom is 0.311 e. The number of rotatable bonds is 10. The minimum atomic E-state index is -3.43. The molecule has 7 heteroatoms. The number of benzene rings is 1. The van der Waals surface area contributed by atoms with E-state index in [1.165, 1.54) is 0 Å². The number of hydrogen-bond acceptors (Lipinski definition) is 5. The van der Waals surface area contributed by atoms with E-state index in [1.807, 2.05) is 6.07 Å². The number of para-hydroxylation sites is 2. The van der Waals surface area contributed by atoms with Gasteiger partial charge in [0.25, 0.3) is 0 Å². The SMILES string of the molecule is CCCCOc1ccccc1OC(=O)CC(C)CNS(=O)(=O)C(C)(C)C. The average Bonchev–Trinajstić information content (AvgIpc) is 2.54. The van der Waals surface area contributed by atoms with Crippen molar-refractivity contribution in [3.63, 3.8) is 0 Å². The van der Waals surface area contributed by atoms with Gasteiger partial charge in [0.15, 0.2) is 11.5 Å². The second kappa shape index (κ2) is 9.92. The minimum Gasteiger partial charge on any atom is -0.490 e. The lowest BCUT2D eigenvalue weighted by Crippen LogP contribution is -2.41. The molecule has 0 bridgehead atoms. The van der Waals surface area contributed by atoms with Crippen molar-refractivity contribution in [2.75, 3.05) is 13.2 Å². The van der Waals surface area contributed by atoms with Gasteiger partial charge in [0.05, 0.1) is 11.4 Å². The number of hydrogen-bond donors (Lipinski definition) is 1. The first-order valence-electron chi connectivity index (χ1n) is 8.98. The molecule has 0 amide bonds. The van der Waals surface area contributed by atoms with Crippen LogP contribution in [0.4, 0.5) is 0 Å². The molecule has 1 aromatic carbocycles. The van der Waals surface area contributed by atoms with Crippen molar-refractivity contribution in [1.29, 1.82) is 0 Å². The Hall–Kier alpha value is -1.60. The second-order valence-electron chi connectivity index (χ2n) is 7.40. The maximum absolute atomic E-state index is 12.2. The first-order chi connectivity index (χ1) is 12.1. The predicted molar refractivity (Wildman–Crippen MR) is 103 cm³/mol. The monoisotopic (exact) mass is 385 g/mol. The normalized spacial score (nSPS) is 13.3. The highest BCUT2D eigenvalue weighted by Crippen LogP contribution is 2.27. The molecule has 26 heavy (non-hydrogen) atoms. The Labute approximate surface area is 157 Å². The van der Waals surface area contributed by atoms with Crippen LogP contribution in [0.15, 0.2) is 24.3 Å². The molecule has 0 aromatic heterocycles. The molecule has 1 rings (SSSR count). The number of carbonyl (C=O) groups is 1. The van der Waals surface area contributed by atoms with Gasteiger partial charge in [-0.3, -0.25) is 4.79 Å². The van der Waals surface area contributed by atoms with E-state index < -0.39 is 20.7 Å². The van der Waals surface area contributed by atoms with E-state index in [4.69, 9.17) is 9.47 Å². The highest BCUT2D eigenvalue weighted by molar-refractivity contribution is 7.90. The van der Waals surface area contributed by atoms with Crippen LogP contribution in [0.2, 0.25) is 0 Å². The molecule has 0 saturated carbocycles. The summed E-state index contributed by atoms with van der Waals surface area (Å²) in [7, 11) is -3.43. The summed E-state index contributed by atoms with van der Waals surface area (Å²) < 4.78 is 36.8. The molecule has 0 heterocycles. The molecule has 0 fully saturated rings. The first-order valence-corrected chi connectivity index (χ1v) is 10.5. The third-order valence-corrected chi connectivity index (χ3v) is 5.93. The zero-order chi connectivity index (χ0) is 19.8. The maximum atomic E-state index is 12.2. The lowest BCUT2D eigenvalue weighted by molar-refractivity contribution is -0.135. The van der Waals surface area contributed by atoms with Gasteiger partial charge in [-0.15, -0.1) is 0 Å². The van der Waals surface area contributed by atoms with Crippen molar-refractivity contribution < 1.29 is 22.7 Å². The van der Waals surface area contributed by atoms with Gasteiger partial charge in [-0.1, -0.05) is 32.4 Å². The Bertz CT molecular complexity index is 679. The van der Waals surface area contributed by atoms with Crippen molar-refractivity contribution in [3.05, 3.63) is 24.3 Å². The Morgan fingerprint density at radius 1 is 1.19 bits per heavy atom. The van der Waals surface area contributed by atoms with Crippen LogP contribution in [0.25, 0.3) is 0 Å². The van der Waals surface area contributed by atoms with Gasteiger partial charge in [0.2, 0.25) is 10.0 Å². The molecular weight excluding hydrogens is 354 g/mol. The summed E-state index contributed by atoms with van der Waals surface area (Å²) in [4.78, 5) is 12.2. The summed E-state index contributed by atoms with van der Waals surface area (Å²) in [6.45, 7) is 9.51. The van der Waals surface area contributed by atoms with E-state index in [0.29, 0.717) is 18.1 Å². The van der Waals surface area contributed by atoms with Crippen molar-refractivity contribution in [2.45, 2.75) is 58.6 Å². The van der Waals surface area contributed by atoms with E-state index in [9.17, 15) is 13.2 Å². The zero-order valence-electron chi connectivity index (χ0n) is 16.4. The third-order valence-electron chi connectivity index (χ3n) is 3.77. The molecular formula is C19H31NO5S. The van der Waals surface area contributed by atoms with Crippen LogP contribution in [0.5, 0.6) is 11.5 Å². The fourth-order valence-electron chi connectivity index (χ4n) is 1.97. The summed E-state index contributed by atoms with van der Waals surface area (Å²) >= 11 is 0. The summed E-state index contributed by atoms with van der Waals surface area (Å²) in [5.74, 6) is 0.318. The first kappa shape index (κ1) is 22.4. The molecule has 1 unspecified atom stereocenters. The Morgan fingerprint density at radius 3 is 2.38 bits per heavy atom. The molecule has 148 valence electrons. The fraction of sp³-hybridized carbons (Fsp3) is 0.632. The van der Waals surface area contributed by atoms with Crippen molar-refractivity contribution >= 4 is 16.0 Å². The molecule has 0 spiro atoms. The summed E-state index contributed by atoms with van der Waals surface area (Å²) in [6.07, 6.45) is 2.05. The highest BCUT2D eigenvalue weighted by Gasteiger charge is 2.29. The van der Waals surface area contributed by atoms with Crippen molar-refractivity contribution in [3.8, 4) is 11.5 Å². The standard InChI is InChI=1S/C19H31NO5S/c1-6-7-12-24-16-10-8-9-11-17(16)25-18(21)13-15(2)14-20-26(22,23)19(3,4)5/h8-11,15,20H,6-7,12-14H2,1-5H3. The Morgan fingerprint density at radius 2 is 1.81 bits per heavy atom. The molecule has 1 aromatic rings. The van der Waals surface area contributed by atoms with Gasteiger partial charge in [-0.2, -0.15) is 0 Å². The van der Waals surface area contributed by atoms with Crippen molar-refractivity contribution in [1.82, 2.24) is 4.72 Å². The molecule has 0 aliphatic heterocycles. The molecule has 0 aliphatic rings. The predicted octanol–water partition coefficient (Wildman–Crippen LogP) is 3.52. The smallest absolute Gasteiger partial charge is 0.311 e. The van der Waals surface area contributed by atoms with Crippen LogP contribution >= 0.6 is 0 Å². The van der Waals surface area contributed by atoms with Crippen LogP contribution in [-0.4, -0.2) is 32.3 Å². The molecule has 0 aliphatic carbocycles. The van der Waals surface area contributed by atoms with Gasteiger partial charge >= 0.3 is 5.97 Å². The number of carbonyl (C=O) groups excluding carboxylic acids is 1. The molecule has 1 N–H and O–H groups in total.